The second-order valence-corrected chi connectivity index (χ2v) is 9.42. The van der Waals surface area contributed by atoms with Gasteiger partial charge in [-0.15, -0.1) is 4.40 Å². The van der Waals surface area contributed by atoms with Gasteiger partial charge in [0.25, 0.3) is 10.0 Å². The second kappa shape index (κ2) is 7.89. The van der Waals surface area contributed by atoms with Crippen LogP contribution in [-0.4, -0.2) is 26.1 Å². The molecule has 0 radical (unpaired) electrons. The highest BCUT2D eigenvalue weighted by Crippen LogP contribution is 2.24. The van der Waals surface area contributed by atoms with Crippen molar-refractivity contribution < 1.29 is 17.9 Å². The minimum Gasteiger partial charge on any atom is -0.468 e. The van der Waals surface area contributed by atoms with Crippen LogP contribution < -0.4 is 4.80 Å². The Morgan fingerprint density at radius 3 is 2.46 bits per heavy atom. The van der Waals surface area contributed by atoms with Gasteiger partial charge >= 0.3 is 5.97 Å². The fraction of sp³-hybridized carbons (Fsp3) is 0.300. The second-order valence-electron chi connectivity index (χ2n) is 6.81. The molecule has 0 aliphatic rings. The number of thiazole rings is 1. The van der Waals surface area contributed by atoms with Crippen LogP contribution in [0.2, 0.25) is 0 Å². The summed E-state index contributed by atoms with van der Waals surface area (Å²) in [6.45, 7) is 5.95. The van der Waals surface area contributed by atoms with Gasteiger partial charge in [-0.1, -0.05) is 48.9 Å². The van der Waals surface area contributed by atoms with Crippen LogP contribution in [0.25, 0.3) is 10.2 Å². The lowest BCUT2D eigenvalue weighted by Gasteiger charge is -2.07. The third-order valence-corrected chi connectivity index (χ3v) is 6.84. The average molecular weight is 419 g/mol. The predicted molar refractivity (Wildman–Crippen MR) is 110 cm³/mol. The van der Waals surface area contributed by atoms with Crippen molar-refractivity contribution >= 4 is 37.5 Å². The first-order valence-corrected chi connectivity index (χ1v) is 11.0. The number of sulfonamides is 1. The quantitative estimate of drug-likeness (QED) is 0.593. The van der Waals surface area contributed by atoms with E-state index in [4.69, 9.17) is 4.74 Å². The van der Waals surface area contributed by atoms with E-state index in [1.54, 1.807) is 16.7 Å². The highest BCUT2D eigenvalue weighted by molar-refractivity contribution is 7.90. The Morgan fingerprint density at radius 2 is 1.86 bits per heavy atom. The van der Waals surface area contributed by atoms with E-state index in [9.17, 15) is 13.2 Å². The molecule has 1 heterocycles. The molecule has 0 saturated heterocycles. The van der Waals surface area contributed by atoms with Crippen LogP contribution in [0.5, 0.6) is 0 Å². The third kappa shape index (κ3) is 4.18. The number of esters is 1. The molecule has 28 heavy (non-hydrogen) atoms. The molecular formula is C20H22N2O4S2. The Hall–Kier alpha value is -2.45. The summed E-state index contributed by atoms with van der Waals surface area (Å²) in [5.74, 6) is -0.140. The van der Waals surface area contributed by atoms with E-state index in [2.05, 4.69) is 18.2 Å². The third-order valence-electron chi connectivity index (χ3n) is 4.41. The number of methoxy groups -OCH3 is 1. The van der Waals surface area contributed by atoms with Gasteiger partial charge in [0, 0.05) is 0 Å². The molecule has 1 aromatic heterocycles. The molecule has 0 atom stereocenters. The van der Waals surface area contributed by atoms with Gasteiger partial charge in [-0.3, -0.25) is 4.79 Å². The van der Waals surface area contributed by atoms with Crippen LogP contribution in [0.15, 0.2) is 51.8 Å². The normalized spacial score (nSPS) is 12.7. The molecule has 0 N–H and O–H groups in total. The van der Waals surface area contributed by atoms with Gasteiger partial charge in [-0.05, 0) is 42.7 Å². The smallest absolute Gasteiger partial charge is 0.325 e. The van der Waals surface area contributed by atoms with Crippen LogP contribution in [0.1, 0.15) is 30.9 Å². The minimum absolute atomic E-state index is 0.111. The van der Waals surface area contributed by atoms with Gasteiger partial charge in [-0.25, -0.2) is 0 Å². The van der Waals surface area contributed by atoms with Crippen molar-refractivity contribution in [1.82, 2.24) is 4.57 Å². The van der Waals surface area contributed by atoms with Crippen LogP contribution in [0.3, 0.4) is 0 Å². The zero-order chi connectivity index (χ0) is 20.5. The van der Waals surface area contributed by atoms with Gasteiger partial charge in [-0.2, -0.15) is 8.42 Å². The number of fused-ring (bicyclic) bond motifs is 1. The number of aryl methyl sites for hydroxylation is 1. The van der Waals surface area contributed by atoms with Gasteiger partial charge < -0.3 is 9.30 Å². The summed E-state index contributed by atoms with van der Waals surface area (Å²) >= 11 is 1.24. The van der Waals surface area contributed by atoms with E-state index in [0.717, 1.165) is 21.3 Å². The number of benzene rings is 2. The summed E-state index contributed by atoms with van der Waals surface area (Å²) in [4.78, 5) is 12.2. The minimum atomic E-state index is -3.91. The molecule has 0 spiro atoms. The number of ether oxygens (including phenoxy) is 1. The molecule has 0 aliphatic heterocycles. The summed E-state index contributed by atoms with van der Waals surface area (Å²) in [6, 6.07) is 12.4. The van der Waals surface area contributed by atoms with Gasteiger partial charge in [0.2, 0.25) is 4.80 Å². The van der Waals surface area contributed by atoms with Crippen LogP contribution in [-0.2, 0) is 26.1 Å². The summed E-state index contributed by atoms with van der Waals surface area (Å²) in [6.07, 6.45) is 0. The first-order chi connectivity index (χ1) is 13.2. The number of carbonyl (C=O) groups is 1. The summed E-state index contributed by atoms with van der Waals surface area (Å²) in [7, 11) is -2.61. The van der Waals surface area contributed by atoms with Crippen LogP contribution in [0.4, 0.5) is 0 Å². The van der Waals surface area contributed by atoms with Crippen molar-refractivity contribution in [3.05, 3.63) is 58.4 Å². The number of aromatic nitrogens is 1. The zero-order valence-electron chi connectivity index (χ0n) is 16.2. The summed E-state index contributed by atoms with van der Waals surface area (Å²) in [5, 5.41) is 0. The molecule has 0 amide bonds. The van der Waals surface area contributed by atoms with Gasteiger partial charge in [0.15, 0.2) is 0 Å². The molecule has 2 aromatic carbocycles. The molecule has 0 aliphatic carbocycles. The molecule has 0 fully saturated rings. The maximum absolute atomic E-state index is 12.8. The molecule has 6 nitrogen and oxygen atoms in total. The van der Waals surface area contributed by atoms with Crippen molar-refractivity contribution in [2.24, 2.45) is 4.40 Å². The lowest BCUT2D eigenvalue weighted by Crippen LogP contribution is -2.22. The highest BCUT2D eigenvalue weighted by atomic mass is 32.2. The molecule has 0 bridgehead atoms. The van der Waals surface area contributed by atoms with Crippen LogP contribution in [0, 0.1) is 6.92 Å². The Labute approximate surface area is 168 Å². The number of nitrogens with zero attached hydrogens (tertiary/aromatic N) is 2. The molecule has 0 saturated carbocycles. The molecule has 148 valence electrons. The Balaban J connectivity index is 2.22. The van der Waals surface area contributed by atoms with E-state index in [1.165, 1.54) is 30.6 Å². The molecular weight excluding hydrogens is 396 g/mol. The number of carbonyl (C=O) groups excluding carboxylic acids is 1. The Bertz CT molecular complexity index is 1190. The van der Waals surface area contributed by atoms with Crippen LogP contribution >= 0.6 is 11.3 Å². The zero-order valence-corrected chi connectivity index (χ0v) is 17.8. The first-order valence-electron chi connectivity index (χ1n) is 8.79. The maximum atomic E-state index is 12.8. The van der Waals surface area contributed by atoms with E-state index in [1.807, 2.05) is 25.1 Å². The lowest BCUT2D eigenvalue weighted by molar-refractivity contribution is -0.141. The van der Waals surface area contributed by atoms with Crippen molar-refractivity contribution in [3.8, 4) is 0 Å². The lowest BCUT2D eigenvalue weighted by atomic mass is 10.0. The summed E-state index contributed by atoms with van der Waals surface area (Å²) in [5.41, 5.74) is 2.84. The van der Waals surface area contributed by atoms with Crippen molar-refractivity contribution in [2.45, 2.75) is 38.1 Å². The topological polar surface area (TPSA) is 77.7 Å². The predicted octanol–water partition coefficient (Wildman–Crippen LogP) is 3.60. The van der Waals surface area contributed by atoms with E-state index in [-0.39, 0.29) is 16.2 Å². The van der Waals surface area contributed by atoms with E-state index in [0.29, 0.717) is 5.92 Å². The fourth-order valence-electron chi connectivity index (χ4n) is 2.73. The van der Waals surface area contributed by atoms with Gasteiger partial charge in [0.1, 0.15) is 6.54 Å². The molecule has 3 aromatic rings. The van der Waals surface area contributed by atoms with Crippen molar-refractivity contribution in [1.29, 1.82) is 0 Å². The first kappa shape index (κ1) is 20.3. The number of rotatable bonds is 5. The van der Waals surface area contributed by atoms with Crippen molar-refractivity contribution in [3.63, 3.8) is 0 Å². The molecule has 0 unspecified atom stereocenters. The largest absolute Gasteiger partial charge is 0.468 e. The Kier molecular flexibility index (Phi) is 5.71. The molecule has 8 heteroatoms. The maximum Gasteiger partial charge on any atom is 0.325 e. The monoisotopic (exact) mass is 418 g/mol. The highest BCUT2D eigenvalue weighted by Gasteiger charge is 2.17. The Morgan fingerprint density at radius 1 is 1.18 bits per heavy atom. The molecule has 3 rings (SSSR count). The number of hydrogen-bond donors (Lipinski definition) is 0. The van der Waals surface area contributed by atoms with Crippen molar-refractivity contribution in [2.75, 3.05) is 7.11 Å². The summed E-state index contributed by atoms with van der Waals surface area (Å²) < 4.78 is 36.8. The number of hydrogen-bond acceptors (Lipinski definition) is 5. The van der Waals surface area contributed by atoms with E-state index >= 15 is 0 Å². The van der Waals surface area contributed by atoms with Gasteiger partial charge in [0.05, 0.1) is 22.2 Å². The SMILES string of the molecule is COC(=O)Cn1c(=NS(=O)(=O)c2ccc(C)cc2)sc2cc(C(C)C)ccc21. The average Bonchev–Trinajstić information content (AvgIpc) is 2.97. The fourth-order valence-corrected chi connectivity index (χ4v) is 5.01. The standard InChI is InChI=1S/C20H22N2O4S2/c1-13(2)15-7-10-17-18(11-15)27-20(22(17)12-19(23)26-4)21-28(24,25)16-8-5-14(3)6-9-16/h5-11,13H,12H2,1-4H3. The van der Waals surface area contributed by atoms with E-state index < -0.39 is 16.0 Å².